The van der Waals surface area contributed by atoms with Crippen molar-refractivity contribution in [1.82, 2.24) is 4.90 Å². The number of piperidine rings is 1. The molecule has 0 spiro atoms. The van der Waals surface area contributed by atoms with Crippen molar-refractivity contribution in [1.29, 1.82) is 0 Å². The van der Waals surface area contributed by atoms with Crippen molar-refractivity contribution in [2.24, 2.45) is 17.6 Å². The fourth-order valence-electron chi connectivity index (χ4n) is 2.21. The van der Waals surface area contributed by atoms with Crippen LogP contribution >= 0.6 is 0 Å². The molecule has 0 radical (unpaired) electrons. The van der Waals surface area contributed by atoms with Crippen LogP contribution in [0.5, 0.6) is 0 Å². The van der Waals surface area contributed by atoms with E-state index in [9.17, 15) is 0 Å². The number of rotatable bonds is 5. The van der Waals surface area contributed by atoms with Crippen molar-refractivity contribution in [2.75, 3.05) is 26.2 Å². The van der Waals surface area contributed by atoms with Crippen molar-refractivity contribution < 1.29 is 0 Å². The highest BCUT2D eigenvalue weighted by atomic mass is 15.1. The number of hydrogen-bond donors (Lipinski definition) is 1. The molecule has 1 heterocycles. The molecule has 0 saturated carbocycles. The van der Waals surface area contributed by atoms with E-state index >= 15 is 0 Å². The van der Waals surface area contributed by atoms with E-state index < -0.39 is 0 Å². The van der Waals surface area contributed by atoms with Crippen molar-refractivity contribution in [3.05, 3.63) is 0 Å². The van der Waals surface area contributed by atoms with Gasteiger partial charge in [0.2, 0.25) is 0 Å². The molecule has 2 unspecified atom stereocenters. The average Bonchev–Trinajstić information content (AvgIpc) is 2.26. The van der Waals surface area contributed by atoms with Gasteiger partial charge in [0.25, 0.3) is 0 Å². The summed E-state index contributed by atoms with van der Waals surface area (Å²) in [7, 11) is 0. The maximum absolute atomic E-state index is 5.62. The molecule has 2 nitrogen and oxygen atoms in total. The van der Waals surface area contributed by atoms with Crippen LogP contribution in [0.15, 0.2) is 0 Å². The highest BCUT2D eigenvalue weighted by molar-refractivity contribution is 4.72. The van der Waals surface area contributed by atoms with Gasteiger partial charge in [0, 0.05) is 6.54 Å². The molecule has 2 N–H and O–H groups in total. The first kappa shape index (κ1) is 12.0. The summed E-state index contributed by atoms with van der Waals surface area (Å²) >= 11 is 0. The van der Waals surface area contributed by atoms with Gasteiger partial charge >= 0.3 is 0 Å². The van der Waals surface area contributed by atoms with Gasteiger partial charge in [0.05, 0.1) is 0 Å². The summed E-state index contributed by atoms with van der Waals surface area (Å²) in [5, 5.41) is 0. The molecule has 1 rings (SSSR count). The smallest absolute Gasteiger partial charge is 0.000956 e. The fourth-order valence-corrected chi connectivity index (χ4v) is 2.21. The first-order valence-corrected chi connectivity index (χ1v) is 6.18. The average molecular weight is 198 g/mol. The molecule has 0 aromatic carbocycles. The molecule has 0 amide bonds. The van der Waals surface area contributed by atoms with E-state index in [-0.39, 0.29) is 0 Å². The third kappa shape index (κ3) is 3.97. The third-order valence-corrected chi connectivity index (χ3v) is 3.52. The molecule has 1 fully saturated rings. The van der Waals surface area contributed by atoms with Crippen LogP contribution < -0.4 is 5.73 Å². The summed E-state index contributed by atoms with van der Waals surface area (Å²) in [4.78, 5) is 2.63. The second kappa shape index (κ2) is 6.41. The van der Waals surface area contributed by atoms with E-state index in [1.807, 2.05) is 0 Å². The topological polar surface area (TPSA) is 29.3 Å². The second-order valence-corrected chi connectivity index (χ2v) is 4.85. The Labute approximate surface area is 88.8 Å². The van der Waals surface area contributed by atoms with Crippen LogP contribution in [0.25, 0.3) is 0 Å². The molecule has 14 heavy (non-hydrogen) atoms. The van der Waals surface area contributed by atoms with Crippen molar-refractivity contribution >= 4 is 0 Å². The minimum Gasteiger partial charge on any atom is -0.330 e. The van der Waals surface area contributed by atoms with Crippen LogP contribution in [0, 0.1) is 11.8 Å². The predicted molar refractivity (Wildman–Crippen MR) is 62.3 cm³/mol. The first-order chi connectivity index (χ1) is 6.76. The van der Waals surface area contributed by atoms with E-state index in [2.05, 4.69) is 18.7 Å². The molecule has 1 aliphatic heterocycles. The lowest BCUT2D eigenvalue weighted by molar-refractivity contribution is 0.164. The van der Waals surface area contributed by atoms with E-state index in [0.29, 0.717) is 5.92 Å². The van der Waals surface area contributed by atoms with Gasteiger partial charge in [-0.05, 0) is 50.7 Å². The van der Waals surface area contributed by atoms with E-state index in [1.165, 1.54) is 45.3 Å². The summed E-state index contributed by atoms with van der Waals surface area (Å²) in [5.74, 6) is 1.65. The van der Waals surface area contributed by atoms with Crippen LogP contribution in [-0.4, -0.2) is 31.1 Å². The standard InChI is InChI=1S/C12H26N2/c1-3-12-5-4-7-14(10-12)8-6-11(2)9-13/h11-12H,3-10,13H2,1-2H3. The fraction of sp³-hybridized carbons (Fsp3) is 1.00. The van der Waals surface area contributed by atoms with Crippen molar-refractivity contribution in [3.8, 4) is 0 Å². The molecule has 1 aliphatic rings. The highest BCUT2D eigenvalue weighted by Crippen LogP contribution is 2.19. The zero-order valence-corrected chi connectivity index (χ0v) is 9.84. The lowest BCUT2D eigenvalue weighted by atomic mass is 9.95. The summed E-state index contributed by atoms with van der Waals surface area (Å²) in [5.41, 5.74) is 5.62. The molecule has 1 saturated heterocycles. The minimum absolute atomic E-state index is 0.692. The Morgan fingerprint density at radius 2 is 2.29 bits per heavy atom. The van der Waals surface area contributed by atoms with Gasteiger partial charge < -0.3 is 10.6 Å². The Bertz CT molecular complexity index is 147. The van der Waals surface area contributed by atoms with Crippen LogP contribution in [0.1, 0.15) is 39.5 Å². The molecule has 0 aliphatic carbocycles. The van der Waals surface area contributed by atoms with Crippen LogP contribution in [0.3, 0.4) is 0 Å². The SMILES string of the molecule is CCC1CCCN(CCC(C)CN)C1. The number of nitrogens with two attached hydrogens (primary N) is 1. The van der Waals surface area contributed by atoms with Crippen LogP contribution in [0.2, 0.25) is 0 Å². The minimum atomic E-state index is 0.692. The Kier molecular flexibility index (Phi) is 5.49. The summed E-state index contributed by atoms with van der Waals surface area (Å²) in [6.07, 6.45) is 5.46. The van der Waals surface area contributed by atoms with Gasteiger partial charge in [-0.3, -0.25) is 0 Å². The normalized spacial score (nSPS) is 26.4. The van der Waals surface area contributed by atoms with Gasteiger partial charge in [0.1, 0.15) is 0 Å². The monoisotopic (exact) mass is 198 g/mol. The molecule has 2 atom stereocenters. The lowest BCUT2D eigenvalue weighted by Gasteiger charge is -2.32. The maximum atomic E-state index is 5.62. The first-order valence-electron chi connectivity index (χ1n) is 6.18. The largest absolute Gasteiger partial charge is 0.330 e. The quantitative estimate of drug-likeness (QED) is 0.733. The van der Waals surface area contributed by atoms with Crippen molar-refractivity contribution in [3.63, 3.8) is 0 Å². The Hall–Kier alpha value is -0.0800. The van der Waals surface area contributed by atoms with Crippen LogP contribution in [-0.2, 0) is 0 Å². The Morgan fingerprint density at radius 3 is 2.93 bits per heavy atom. The van der Waals surface area contributed by atoms with E-state index in [1.54, 1.807) is 0 Å². The Morgan fingerprint density at radius 1 is 1.50 bits per heavy atom. The van der Waals surface area contributed by atoms with E-state index in [4.69, 9.17) is 5.73 Å². The second-order valence-electron chi connectivity index (χ2n) is 4.85. The van der Waals surface area contributed by atoms with Gasteiger partial charge in [-0.1, -0.05) is 20.3 Å². The van der Waals surface area contributed by atoms with E-state index in [0.717, 1.165) is 12.5 Å². The summed E-state index contributed by atoms with van der Waals surface area (Å²) in [6.45, 7) is 9.30. The van der Waals surface area contributed by atoms with Crippen molar-refractivity contribution in [2.45, 2.75) is 39.5 Å². The Balaban J connectivity index is 2.17. The zero-order valence-electron chi connectivity index (χ0n) is 9.84. The number of nitrogens with zero attached hydrogens (tertiary/aromatic N) is 1. The lowest BCUT2D eigenvalue weighted by Crippen LogP contribution is -2.36. The van der Waals surface area contributed by atoms with Gasteiger partial charge in [-0.25, -0.2) is 0 Å². The van der Waals surface area contributed by atoms with Gasteiger partial charge in [-0.2, -0.15) is 0 Å². The maximum Gasteiger partial charge on any atom is 0.000956 e. The van der Waals surface area contributed by atoms with Crippen LogP contribution in [0.4, 0.5) is 0 Å². The number of likely N-dealkylation sites (tertiary alicyclic amines) is 1. The molecular weight excluding hydrogens is 172 g/mol. The molecule has 0 bridgehead atoms. The summed E-state index contributed by atoms with van der Waals surface area (Å²) in [6, 6.07) is 0. The third-order valence-electron chi connectivity index (χ3n) is 3.52. The van der Waals surface area contributed by atoms with Gasteiger partial charge in [-0.15, -0.1) is 0 Å². The summed E-state index contributed by atoms with van der Waals surface area (Å²) < 4.78 is 0. The van der Waals surface area contributed by atoms with Gasteiger partial charge in [0.15, 0.2) is 0 Å². The highest BCUT2D eigenvalue weighted by Gasteiger charge is 2.18. The molecule has 84 valence electrons. The molecule has 0 aromatic rings. The molecular formula is C12H26N2. The zero-order chi connectivity index (χ0) is 10.4. The molecule has 2 heteroatoms. The number of hydrogen-bond acceptors (Lipinski definition) is 2. The molecule has 0 aromatic heterocycles. The predicted octanol–water partition coefficient (Wildman–Crippen LogP) is 2.09.